The number of aliphatic hydroxyl groups is 1. The van der Waals surface area contributed by atoms with E-state index in [2.05, 4.69) is 0 Å². The molecule has 88 valence electrons. The van der Waals surface area contributed by atoms with Gasteiger partial charge in [-0.1, -0.05) is 0 Å². The molecule has 0 bridgehead atoms. The van der Waals surface area contributed by atoms with Gasteiger partial charge in [0.25, 0.3) is 0 Å². The lowest BCUT2D eigenvalue weighted by Gasteiger charge is -2.45. The third-order valence-electron chi connectivity index (χ3n) is 2.71. The second kappa shape index (κ2) is 4.92. The minimum Gasteiger partial charge on any atom is -0.481 e. The number of aliphatic hydroxyl groups excluding tert-OH is 1. The van der Waals surface area contributed by atoms with Crippen LogP contribution in [0.15, 0.2) is 0 Å². The smallest absolute Gasteiger partial charge is 0.315 e. The molecule has 0 unspecified atom stereocenters. The molecule has 5 heteroatoms. The van der Waals surface area contributed by atoms with Crippen molar-refractivity contribution < 1.29 is 24.5 Å². The molecule has 0 atom stereocenters. The normalized spacial score (nSPS) is 30.3. The SMILES string of the molecule is CCOC(OCC)C1(C(=O)O)CC(O)C1. The van der Waals surface area contributed by atoms with Gasteiger partial charge in [-0.25, -0.2) is 0 Å². The monoisotopic (exact) mass is 218 g/mol. The fourth-order valence-electron chi connectivity index (χ4n) is 1.92. The van der Waals surface area contributed by atoms with Gasteiger partial charge in [-0.2, -0.15) is 0 Å². The van der Waals surface area contributed by atoms with E-state index in [4.69, 9.17) is 14.6 Å². The molecule has 0 saturated heterocycles. The quantitative estimate of drug-likeness (QED) is 0.639. The zero-order valence-corrected chi connectivity index (χ0v) is 9.10. The Morgan fingerprint density at radius 1 is 1.40 bits per heavy atom. The van der Waals surface area contributed by atoms with Crippen molar-refractivity contribution in [3.05, 3.63) is 0 Å². The van der Waals surface area contributed by atoms with Gasteiger partial charge in [0.1, 0.15) is 5.41 Å². The zero-order chi connectivity index (χ0) is 11.5. The predicted molar refractivity (Wildman–Crippen MR) is 52.3 cm³/mol. The Bertz CT molecular complexity index is 216. The van der Waals surface area contributed by atoms with E-state index >= 15 is 0 Å². The molecule has 2 N–H and O–H groups in total. The van der Waals surface area contributed by atoms with Crippen LogP contribution in [0.2, 0.25) is 0 Å². The number of carboxylic acid groups (broad SMARTS) is 1. The third kappa shape index (κ3) is 2.30. The molecule has 0 amide bonds. The van der Waals surface area contributed by atoms with Crippen LogP contribution in [0, 0.1) is 5.41 Å². The van der Waals surface area contributed by atoms with E-state index in [1.54, 1.807) is 13.8 Å². The van der Waals surface area contributed by atoms with Crippen molar-refractivity contribution in [2.45, 2.75) is 39.1 Å². The second-order valence-corrected chi connectivity index (χ2v) is 3.77. The molecule has 1 rings (SSSR count). The van der Waals surface area contributed by atoms with E-state index < -0.39 is 23.8 Å². The topological polar surface area (TPSA) is 76.0 Å². The van der Waals surface area contributed by atoms with E-state index in [9.17, 15) is 9.90 Å². The highest BCUT2D eigenvalue weighted by molar-refractivity contribution is 5.76. The summed E-state index contributed by atoms with van der Waals surface area (Å²) in [6.45, 7) is 4.37. The molecule has 0 heterocycles. The minimum atomic E-state index is -1.06. The van der Waals surface area contributed by atoms with Gasteiger partial charge in [0.15, 0.2) is 6.29 Å². The van der Waals surface area contributed by atoms with Gasteiger partial charge in [0.2, 0.25) is 0 Å². The number of carboxylic acids is 1. The molecule has 5 nitrogen and oxygen atoms in total. The van der Waals surface area contributed by atoms with E-state index in [0.717, 1.165) is 0 Å². The minimum absolute atomic E-state index is 0.201. The maximum atomic E-state index is 11.2. The third-order valence-corrected chi connectivity index (χ3v) is 2.71. The summed E-state index contributed by atoms with van der Waals surface area (Å²) in [6, 6.07) is 0. The molecule has 0 aromatic rings. The van der Waals surface area contributed by atoms with Gasteiger partial charge in [-0.05, 0) is 26.7 Å². The van der Waals surface area contributed by atoms with Crippen molar-refractivity contribution in [2.75, 3.05) is 13.2 Å². The number of ether oxygens (including phenoxy) is 2. The van der Waals surface area contributed by atoms with Crippen LogP contribution in [0.3, 0.4) is 0 Å². The summed E-state index contributed by atoms with van der Waals surface area (Å²) in [7, 11) is 0. The molecule has 1 aliphatic rings. The van der Waals surface area contributed by atoms with E-state index in [1.165, 1.54) is 0 Å². The van der Waals surface area contributed by atoms with Crippen molar-refractivity contribution in [3.8, 4) is 0 Å². The molecule has 15 heavy (non-hydrogen) atoms. The maximum Gasteiger partial charge on any atom is 0.315 e. The van der Waals surface area contributed by atoms with Crippen molar-refractivity contribution in [1.82, 2.24) is 0 Å². The van der Waals surface area contributed by atoms with Crippen LogP contribution in [0.4, 0.5) is 0 Å². The van der Waals surface area contributed by atoms with Gasteiger partial charge >= 0.3 is 5.97 Å². The first-order valence-corrected chi connectivity index (χ1v) is 5.21. The summed E-state index contributed by atoms with van der Waals surface area (Å²) in [5.74, 6) is -0.959. The standard InChI is InChI=1S/C10H18O5/c1-3-14-9(15-4-2)10(8(12)13)5-7(11)6-10/h7,9,11H,3-6H2,1-2H3,(H,12,13). The Hall–Kier alpha value is -0.650. The zero-order valence-electron chi connectivity index (χ0n) is 9.10. The Morgan fingerprint density at radius 3 is 2.13 bits per heavy atom. The summed E-state index contributed by atoms with van der Waals surface area (Å²) in [5.41, 5.74) is -1.06. The first kappa shape index (κ1) is 12.4. The van der Waals surface area contributed by atoms with E-state index in [-0.39, 0.29) is 12.8 Å². The predicted octanol–water partition coefficient (Wildman–Crippen LogP) is 0.611. The molecule has 0 aliphatic heterocycles. The number of rotatable bonds is 6. The number of aliphatic carboxylic acids is 1. The molecule has 0 spiro atoms. The van der Waals surface area contributed by atoms with Crippen molar-refractivity contribution in [2.24, 2.45) is 5.41 Å². The lowest BCUT2D eigenvalue weighted by molar-refractivity contribution is -0.248. The largest absolute Gasteiger partial charge is 0.481 e. The number of carbonyl (C=O) groups is 1. The highest BCUT2D eigenvalue weighted by Crippen LogP contribution is 2.46. The summed E-state index contributed by atoms with van der Waals surface area (Å²) >= 11 is 0. The molecular formula is C10H18O5. The lowest BCUT2D eigenvalue weighted by atomic mass is 9.66. The van der Waals surface area contributed by atoms with Gasteiger partial charge in [-0.3, -0.25) is 4.79 Å². The molecule has 1 fully saturated rings. The number of hydrogen-bond donors (Lipinski definition) is 2. The van der Waals surface area contributed by atoms with Crippen LogP contribution in [0.25, 0.3) is 0 Å². The highest BCUT2D eigenvalue weighted by atomic mass is 16.7. The fourth-order valence-corrected chi connectivity index (χ4v) is 1.92. The first-order valence-electron chi connectivity index (χ1n) is 5.21. The lowest BCUT2D eigenvalue weighted by Crippen LogP contribution is -2.56. The highest BCUT2D eigenvalue weighted by Gasteiger charge is 2.56. The van der Waals surface area contributed by atoms with Gasteiger partial charge < -0.3 is 19.7 Å². The Morgan fingerprint density at radius 2 is 1.87 bits per heavy atom. The second-order valence-electron chi connectivity index (χ2n) is 3.77. The van der Waals surface area contributed by atoms with Crippen molar-refractivity contribution >= 4 is 5.97 Å². The first-order chi connectivity index (χ1) is 7.06. The molecule has 1 saturated carbocycles. The summed E-state index contributed by atoms with van der Waals surface area (Å²) in [6.07, 6.45) is -0.905. The molecular weight excluding hydrogens is 200 g/mol. The van der Waals surface area contributed by atoms with Crippen LogP contribution in [-0.4, -0.2) is 41.8 Å². The Labute approximate surface area is 89.0 Å². The van der Waals surface area contributed by atoms with Gasteiger partial charge in [0.05, 0.1) is 6.10 Å². The summed E-state index contributed by atoms with van der Waals surface area (Å²) in [5, 5.41) is 18.4. The van der Waals surface area contributed by atoms with Crippen LogP contribution in [0.5, 0.6) is 0 Å². The fraction of sp³-hybridized carbons (Fsp3) is 0.900. The van der Waals surface area contributed by atoms with E-state index in [1.807, 2.05) is 0 Å². The van der Waals surface area contributed by atoms with Gasteiger partial charge in [-0.15, -0.1) is 0 Å². The Balaban J connectivity index is 2.72. The van der Waals surface area contributed by atoms with Crippen LogP contribution >= 0.6 is 0 Å². The van der Waals surface area contributed by atoms with Crippen LogP contribution < -0.4 is 0 Å². The van der Waals surface area contributed by atoms with Crippen molar-refractivity contribution in [1.29, 1.82) is 0 Å². The maximum absolute atomic E-state index is 11.2. The summed E-state index contributed by atoms with van der Waals surface area (Å²) in [4.78, 5) is 11.2. The number of hydrogen-bond acceptors (Lipinski definition) is 4. The Kier molecular flexibility index (Phi) is 4.07. The van der Waals surface area contributed by atoms with Crippen LogP contribution in [0.1, 0.15) is 26.7 Å². The van der Waals surface area contributed by atoms with Crippen molar-refractivity contribution in [3.63, 3.8) is 0 Å². The molecule has 0 aromatic carbocycles. The van der Waals surface area contributed by atoms with Gasteiger partial charge in [0, 0.05) is 13.2 Å². The molecule has 1 aliphatic carbocycles. The average molecular weight is 218 g/mol. The summed E-state index contributed by atoms with van der Waals surface area (Å²) < 4.78 is 10.6. The molecule has 0 radical (unpaired) electrons. The van der Waals surface area contributed by atoms with E-state index in [0.29, 0.717) is 13.2 Å². The van der Waals surface area contributed by atoms with Crippen LogP contribution in [-0.2, 0) is 14.3 Å². The average Bonchev–Trinajstić information content (AvgIpc) is 2.12. The molecule has 0 aromatic heterocycles.